The van der Waals surface area contributed by atoms with Crippen LogP contribution in [0, 0.1) is 5.41 Å². The molecular formula is C30H41N3O4. The fourth-order valence-corrected chi connectivity index (χ4v) is 5.24. The smallest absolute Gasteiger partial charge is 0.253 e. The number of ether oxygens (including phenoxy) is 2. The van der Waals surface area contributed by atoms with Gasteiger partial charge in [0, 0.05) is 25.2 Å². The third kappa shape index (κ3) is 7.04. The summed E-state index contributed by atoms with van der Waals surface area (Å²) in [5.41, 5.74) is 1.41. The second kappa shape index (κ2) is 12.5. The van der Waals surface area contributed by atoms with Crippen molar-refractivity contribution in [2.24, 2.45) is 5.41 Å². The number of likely N-dealkylation sites (tertiary alicyclic amines) is 1. The molecule has 2 aliphatic rings. The number of carbonyl (C=O) groups is 2. The minimum Gasteiger partial charge on any atom is -0.492 e. The van der Waals surface area contributed by atoms with Gasteiger partial charge in [0.05, 0.1) is 11.5 Å². The maximum atomic E-state index is 13.5. The van der Waals surface area contributed by atoms with Crippen LogP contribution in [0.5, 0.6) is 11.5 Å². The molecule has 0 unspecified atom stereocenters. The van der Waals surface area contributed by atoms with Gasteiger partial charge in [0.1, 0.15) is 24.7 Å². The molecule has 37 heavy (non-hydrogen) atoms. The number of rotatable bonds is 5. The van der Waals surface area contributed by atoms with Gasteiger partial charge in [0.25, 0.3) is 5.91 Å². The van der Waals surface area contributed by atoms with E-state index in [1.54, 1.807) is 0 Å². The Kier molecular flexibility index (Phi) is 9.09. The molecule has 2 aliphatic heterocycles. The molecule has 4 rings (SSSR count). The van der Waals surface area contributed by atoms with Crippen molar-refractivity contribution in [1.82, 2.24) is 15.1 Å². The summed E-state index contributed by atoms with van der Waals surface area (Å²) in [6.07, 6.45) is 5.11. The fourth-order valence-electron chi connectivity index (χ4n) is 5.24. The van der Waals surface area contributed by atoms with Crippen molar-refractivity contribution in [3.63, 3.8) is 0 Å². The molecular weight excluding hydrogens is 466 g/mol. The molecule has 0 saturated carbocycles. The molecule has 2 aromatic rings. The minimum atomic E-state index is -0.444. The predicted molar refractivity (Wildman–Crippen MR) is 145 cm³/mol. The number of hydrogen-bond acceptors (Lipinski definition) is 5. The summed E-state index contributed by atoms with van der Waals surface area (Å²) < 4.78 is 11.9. The van der Waals surface area contributed by atoms with Crippen molar-refractivity contribution in [2.75, 3.05) is 46.9 Å². The van der Waals surface area contributed by atoms with Crippen LogP contribution in [-0.4, -0.2) is 74.6 Å². The number of fused-ring (bicyclic) bond motifs is 1. The van der Waals surface area contributed by atoms with Crippen LogP contribution < -0.4 is 14.8 Å². The van der Waals surface area contributed by atoms with Crippen molar-refractivity contribution < 1.29 is 19.1 Å². The van der Waals surface area contributed by atoms with Gasteiger partial charge in [0.2, 0.25) is 5.91 Å². The van der Waals surface area contributed by atoms with E-state index in [2.05, 4.69) is 22.3 Å². The van der Waals surface area contributed by atoms with E-state index < -0.39 is 5.41 Å². The number of piperidine rings is 1. The van der Waals surface area contributed by atoms with Crippen LogP contribution in [-0.2, 0) is 11.2 Å². The summed E-state index contributed by atoms with van der Waals surface area (Å²) >= 11 is 0. The van der Waals surface area contributed by atoms with Crippen molar-refractivity contribution >= 4 is 11.8 Å². The number of para-hydroxylation sites is 1. The Hall–Kier alpha value is -3.06. The van der Waals surface area contributed by atoms with Gasteiger partial charge in [0.15, 0.2) is 0 Å². The van der Waals surface area contributed by atoms with Crippen LogP contribution in [0.15, 0.2) is 48.5 Å². The van der Waals surface area contributed by atoms with Gasteiger partial charge in [-0.15, -0.1) is 0 Å². The summed E-state index contributed by atoms with van der Waals surface area (Å²) in [5.74, 6) is 1.72. The maximum Gasteiger partial charge on any atom is 0.253 e. The first-order valence-corrected chi connectivity index (χ1v) is 13.5. The van der Waals surface area contributed by atoms with E-state index in [4.69, 9.17) is 9.47 Å². The Morgan fingerprint density at radius 1 is 1.11 bits per heavy atom. The zero-order valence-corrected chi connectivity index (χ0v) is 22.5. The van der Waals surface area contributed by atoms with E-state index in [1.807, 2.05) is 62.3 Å². The van der Waals surface area contributed by atoms with E-state index in [0.29, 0.717) is 50.5 Å². The molecule has 1 spiro atoms. The van der Waals surface area contributed by atoms with Crippen LogP contribution >= 0.6 is 0 Å². The average Bonchev–Trinajstić information content (AvgIpc) is 2.90. The van der Waals surface area contributed by atoms with E-state index >= 15 is 0 Å². The van der Waals surface area contributed by atoms with Crippen molar-refractivity contribution in [1.29, 1.82) is 0 Å². The minimum absolute atomic E-state index is 0.000142. The molecule has 0 aromatic heterocycles. The molecule has 1 atom stereocenters. The Labute approximate surface area is 221 Å². The zero-order valence-electron chi connectivity index (χ0n) is 22.5. The fraction of sp³-hybridized carbons (Fsp3) is 0.533. The van der Waals surface area contributed by atoms with Crippen LogP contribution in [0.3, 0.4) is 0 Å². The number of hydrogen-bond donors (Lipinski definition) is 1. The third-order valence-electron chi connectivity index (χ3n) is 7.57. The highest BCUT2D eigenvalue weighted by atomic mass is 16.5. The van der Waals surface area contributed by atoms with Gasteiger partial charge in [-0.25, -0.2) is 0 Å². The molecule has 1 saturated heterocycles. The van der Waals surface area contributed by atoms with Crippen molar-refractivity contribution in [2.45, 2.75) is 51.5 Å². The highest BCUT2D eigenvalue weighted by Crippen LogP contribution is 2.38. The van der Waals surface area contributed by atoms with Gasteiger partial charge < -0.3 is 24.6 Å². The lowest BCUT2D eigenvalue weighted by Crippen LogP contribution is -2.52. The van der Waals surface area contributed by atoms with Crippen molar-refractivity contribution in [3.8, 4) is 11.5 Å². The highest BCUT2D eigenvalue weighted by Gasteiger charge is 2.42. The van der Waals surface area contributed by atoms with Gasteiger partial charge >= 0.3 is 0 Å². The quantitative estimate of drug-likeness (QED) is 0.658. The summed E-state index contributed by atoms with van der Waals surface area (Å²) in [6, 6.07) is 15.5. The number of benzene rings is 2. The molecule has 0 bridgehead atoms. The predicted octanol–water partition coefficient (Wildman–Crippen LogP) is 4.16. The van der Waals surface area contributed by atoms with Crippen LogP contribution in [0.25, 0.3) is 0 Å². The highest BCUT2D eigenvalue weighted by molar-refractivity contribution is 5.95. The van der Waals surface area contributed by atoms with E-state index in [0.717, 1.165) is 38.0 Å². The van der Waals surface area contributed by atoms with Crippen LogP contribution in [0.1, 0.15) is 54.9 Å². The number of likely N-dealkylation sites (N-methyl/N-ethyl adjacent to an activating group) is 1. The first kappa shape index (κ1) is 27.0. The van der Waals surface area contributed by atoms with Gasteiger partial charge in [-0.1, -0.05) is 30.7 Å². The molecule has 1 N–H and O–H groups in total. The van der Waals surface area contributed by atoms with Crippen LogP contribution in [0.2, 0.25) is 0 Å². The number of nitrogens with one attached hydrogen (secondary N) is 1. The standard InChI is InChI=1S/C30H41N3O4/c1-23-22-37-27-13-5-4-9-24(27)10-6-7-14-30(29(35)31-23)15-17-33(18-16-30)28(34)25-11-8-12-26(21-25)36-20-19-32(2)3/h4-5,8-9,11-13,21,23H,6-7,10,14-20,22H2,1-3H3,(H,31,35)/t23-/m1/s1. The molecule has 1 fully saturated rings. The monoisotopic (exact) mass is 507 g/mol. The van der Waals surface area contributed by atoms with Crippen molar-refractivity contribution in [3.05, 3.63) is 59.7 Å². The summed E-state index contributed by atoms with van der Waals surface area (Å²) in [7, 11) is 4.00. The average molecular weight is 508 g/mol. The number of nitrogens with zero attached hydrogens (tertiary/aromatic N) is 2. The Morgan fingerprint density at radius 2 is 1.89 bits per heavy atom. The first-order valence-electron chi connectivity index (χ1n) is 13.5. The largest absolute Gasteiger partial charge is 0.492 e. The molecule has 2 heterocycles. The summed E-state index contributed by atoms with van der Waals surface area (Å²) in [5, 5.41) is 3.21. The van der Waals surface area contributed by atoms with E-state index in [1.165, 1.54) is 5.56 Å². The number of carbonyl (C=O) groups excluding carboxylic acids is 2. The summed E-state index contributed by atoms with van der Waals surface area (Å²) in [6.45, 7) is 4.97. The molecule has 7 heteroatoms. The Balaban J connectivity index is 1.39. The zero-order chi connectivity index (χ0) is 26.3. The lowest BCUT2D eigenvalue weighted by atomic mass is 9.73. The first-order chi connectivity index (χ1) is 17.9. The molecule has 0 radical (unpaired) electrons. The lowest BCUT2D eigenvalue weighted by molar-refractivity contribution is -0.135. The Bertz CT molecular complexity index is 1060. The summed E-state index contributed by atoms with van der Waals surface area (Å²) in [4.78, 5) is 30.8. The van der Waals surface area contributed by atoms with Crippen LogP contribution in [0.4, 0.5) is 0 Å². The SMILES string of the molecule is C[C@@H]1COc2ccccc2CCCCC2(CCN(C(=O)c3cccc(OCCN(C)C)c3)CC2)C(=O)N1. The normalized spacial score (nSPS) is 20.3. The number of amides is 2. The van der Waals surface area contributed by atoms with Gasteiger partial charge in [-0.2, -0.15) is 0 Å². The molecule has 200 valence electrons. The molecule has 0 aliphatic carbocycles. The second-order valence-electron chi connectivity index (χ2n) is 10.8. The topological polar surface area (TPSA) is 71.1 Å². The molecule has 2 aromatic carbocycles. The van der Waals surface area contributed by atoms with E-state index in [9.17, 15) is 9.59 Å². The Morgan fingerprint density at radius 3 is 2.68 bits per heavy atom. The molecule has 7 nitrogen and oxygen atoms in total. The molecule has 2 amide bonds. The third-order valence-corrected chi connectivity index (χ3v) is 7.57. The lowest BCUT2D eigenvalue weighted by Gasteiger charge is -2.41. The van der Waals surface area contributed by atoms with E-state index in [-0.39, 0.29) is 17.9 Å². The van der Waals surface area contributed by atoms with Gasteiger partial charge in [-0.3, -0.25) is 9.59 Å². The van der Waals surface area contributed by atoms with Gasteiger partial charge in [-0.05, 0) is 83.0 Å². The number of aryl methyl sites for hydroxylation is 1. The second-order valence-corrected chi connectivity index (χ2v) is 10.8. The maximum absolute atomic E-state index is 13.5.